The predicted octanol–water partition coefficient (Wildman–Crippen LogP) is 2.54. The molecule has 2 fully saturated rings. The van der Waals surface area contributed by atoms with Gasteiger partial charge in [0.05, 0.1) is 12.2 Å². The van der Waals surface area contributed by atoms with Crippen molar-refractivity contribution in [3.8, 4) is 0 Å². The summed E-state index contributed by atoms with van der Waals surface area (Å²) in [4.78, 5) is 18.9. The molecule has 0 radical (unpaired) electrons. The Morgan fingerprint density at radius 1 is 1.19 bits per heavy atom. The van der Waals surface area contributed by atoms with E-state index in [-0.39, 0.29) is 11.5 Å². The number of rotatable bonds is 6. The van der Waals surface area contributed by atoms with Gasteiger partial charge in [0.25, 0.3) is 5.56 Å². The van der Waals surface area contributed by atoms with Crippen LogP contribution in [0.2, 0.25) is 0 Å². The Kier molecular flexibility index (Phi) is 4.89. The van der Waals surface area contributed by atoms with Gasteiger partial charge < -0.3 is 4.52 Å². The molecule has 26 heavy (non-hydrogen) atoms. The minimum Gasteiger partial charge on any atom is -0.338 e. The molecule has 2 aliphatic rings. The quantitative estimate of drug-likeness (QED) is 0.791. The molecule has 2 aromatic rings. The highest BCUT2D eigenvalue weighted by Gasteiger charge is 2.26. The Hall–Kier alpha value is -2.02. The predicted molar refractivity (Wildman–Crippen MR) is 96.9 cm³/mol. The molecule has 1 aliphatic carbocycles. The second kappa shape index (κ2) is 7.31. The van der Waals surface area contributed by atoms with Gasteiger partial charge >= 0.3 is 0 Å². The first kappa shape index (κ1) is 17.4. The molecule has 0 N–H and O–H groups in total. The van der Waals surface area contributed by atoms with E-state index in [1.807, 2.05) is 6.07 Å². The maximum Gasteiger partial charge on any atom is 0.266 e. The second-order valence-electron chi connectivity index (χ2n) is 7.97. The maximum absolute atomic E-state index is 12.1. The number of hydrogen-bond acceptors (Lipinski definition) is 6. The Bertz CT molecular complexity index is 800. The first-order valence-corrected chi connectivity index (χ1v) is 9.71. The topological polar surface area (TPSA) is 77.0 Å². The average molecular weight is 357 g/mol. The van der Waals surface area contributed by atoms with Crippen molar-refractivity contribution in [2.45, 2.75) is 64.5 Å². The first-order chi connectivity index (χ1) is 12.6. The highest BCUT2D eigenvalue weighted by molar-refractivity contribution is 5.12. The Morgan fingerprint density at radius 2 is 1.96 bits per heavy atom. The highest BCUT2D eigenvalue weighted by atomic mass is 16.5. The fourth-order valence-electron chi connectivity index (χ4n) is 3.52. The number of hydrogen-bond donors (Lipinski definition) is 0. The third-order valence-corrected chi connectivity index (χ3v) is 5.38. The van der Waals surface area contributed by atoms with Gasteiger partial charge in [-0.3, -0.25) is 9.69 Å². The molecule has 1 saturated heterocycles. The van der Waals surface area contributed by atoms with Crippen molar-refractivity contribution in [3.63, 3.8) is 0 Å². The fraction of sp³-hybridized carbons (Fsp3) is 0.684. The van der Waals surface area contributed by atoms with Crippen LogP contribution >= 0.6 is 0 Å². The van der Waals surface area contributed by atoms with E-state index in [1.54, 1.807) is 10.7 Å². The zero-order valence-corrected chi connectivity index (χ0v) is 15.6. The van der Waals surface area contributed by atoms with Crippen LogP contribution in [0.5, 0.6) is 0 Å². The van der Waals surface area contributed by atoms with Crippen LogP contribution in [-0.4, -0.2) is 37.9 Å². The van der Waals surface area contributed by atoms with Gasteiger partial charge in [0.1, 0.15) is 0 Å². The van der Waals surface area contributed by atoms with E-state index in [9.17, 15) is 4.79 Å². The Morgan fingerprint density at radius 3 is 2.62 bits per heavy atom. The molecule has 7 heteroatoms. The summed E-state index contributed by atoms with van der Waals surface area (Å²) in [5.74, 6) is 2.84. The summed E-state index contributed by atoms with van der Waals surface area (Å²) in [7, 11) is 0. The van der Waals surface area contributed by atoms with E-state index in [2.05, 4.69) is 34.0 Å². The van der Waals surface area contributed by atoms with Crippen LogP contribution in [-0.2, 0) is 13.1 Å². The summed E-state index contributed by atoms with van der Waals surface area (Å²) in [5.41, 5.74) is 1.10. The summed E-state index contributed by atoms with van der Waals surface area (Å²) in [5, 5.41) is 8.62. The third-order valence-electron chi connectivity index (χ3n) is 5.38. The molecule has 2 aromatic heterocycles. The van der Waals surface area contributed by atoms with Crippen LogP contribution < -0.4 is 5.56 Å². The summed E-state index contributed by atoms with van der Waals surface area (Å²) >= 11 is 0. The third kappa shape index (κ3) is 4.03. The van der Waals surface area contributed by atoms with Crippen molar-refractivity contribution in [1.82, 2.24) is 24.8 Å². The van der Waals surface area contributed by atoms with Crippen LogP contribution in [0, 0.1) is 5.92 Å². The lowest BCUT2D eigenvalue weighted by atomic mass is 9.97. The van der Waals surface area contributed by atoms with Crippen LogP contribution in [0.3, 0.4) is 0 Å². The molecule has 0 amide bonds. The molecule has 7 nitrogen and oxygen atoms in total. The minimum absolute atomic E-state index is 0.0175. The fourth-order valence-corrected chi connectivity index (χ4v) is 3.52. The number of aromatic nitrogens is 4. The summed E-state index contributed by atoms with van der Waals surface area (Å²) in [6.45, 7) is 7.54. The van der Waals surface area contributed by atoms with Gasteiger partial charge in [0.2, 0.25) is 5.89 Å². The molecule has 3 heterocycles. The SMILES string of the molecule is CC(C)c1noc(CN2CCC(Cn3nc(C4CC4)ccc3=O)CC2)n1. The van der Waals surface area contributed by atoms with Crippen molar-refractivity contribution in [2.75, 3.05) is 13.1 Å². The van der Waals surface area contributed by atoms with Gasteiger partial charge in [0.15, 0.2) is 5.82 Å². The van der Waals surface area contributed by atoms with Crippen molar-refractivity contribution >= 4 is 0 Å². The summed E-state index contributed by atoms with van der Waals surface area (Å²) < 4.78 is 7.03. The number of nitrogens with zero attached hydrogens (tertiary/aromatic N) is 5. The van der Waals surface area contributed by atoms with Gasteiger partial charge in [-0.1, -0.05) is 19.0 Å². The van der Waals surface area contributed by atoms with E-state index >= 15 is 0 Å². The van der Waals surface area contributed by atoms with E-state index in [1.165, 1.54) is 12.8 Å². The lowest BCUT2D eigenvalue weighted by Crippen LogP contribution is -2.36. The molecule has 0 spiro atoms. The standard InChI is InChI=1S/C19H27N5O2/c1-13(2)19-20-17(26-22-19)12-23-9-7-14(8-10-23)11-24-18(25)6-5-16(21-24)15-3-4-15/h5-6,13-15H,3-4,7-12H2,1-2H3. The minimum atomic E-state index is 0.0175. The van der Waals surface area contributed by atoms with Crippen molar-refractivity contribution in [2.24, 2.45) is 5.92 Å². The van der Waals surface area contributed by atoms with Crippen LogP contribution in [0.1, 0.15) is 68.8 Å². The van der Waals surface area contributed by atoms with Crippen molar-refractivity contribution in [3.05, 3.63) is 39.9 Å². The summed E-state index contributed by atoms with van der Waals surface area (Å²) in [6.07, 6.45) is 4.54. The normalized spacial score (nSPS) is 19.3. The zero-order chi connectivity index (χ0) is 18.1. The van der Waals surface area contributed by atoms with E-state index in [0.717, 1.165) is 44.0 Å². The largest absolute Gasteiger partial charge is 0.338 e. The Balaban J connectivity index is 1.31. The van der Waals surface area contributed by atoms with Gasteiger partial charge in [-0.25, -0.2) is 4.68 Å². The molecule has 1 saturated carbocycles. The molecule has 0 atom stereocenters. The number of piperidine rings is 1. The van der Waals surface area contributed by atoms with Gasteiger partial charge in [-0.2, -0.15) is 10.1 Å². The molecular formula is C19H27N5O2. The zero-order valence-electron chi connectivity index (χ0n) is 15.6. The van der Waals surface area contributed by atoms with Crippen LogP contribution in [0.15, 0.2) is 21.5 Å². The van der Waals surface area contributed by atoms with Crippen molar-refractivity contribution in [1.29, 1.82) is 0 Å². The van der Waals surface area contributed by atoms with Gasteiger partial charge in [-0.15, -0.1) is 0 Å². The molecular weight excluding hydrogens is 330 g/mol. The second-order valence-corrected chi connectivity index (χ2v) is 7.97. The molecule has 140 valence electrons. The summed E-state index contributed by atoms with van der Waals surface area (Å²) in [6, 6.07) is 3.58. The Labute approximate surface area is 153 Å². The van der Waals surface area contributed by atoms with E-state index in [4.69, 9.17) is 4.52 Å². The lowest BCUT2D eigenvalue weighted by molar-refractivity contribution is 0.148. The maximum atomic E-state index is 12.1. The van der Waals surface area contributed by atoms with Gasteiger partial charge in [-0.05, 0) is 50.8 Å². The molecule has 0 aromatic carbocycles. The molecule has 4 rings (SSSR count). The smallest absolute Gasteiger partial charge is 0.266 e. The van der Waals surface area contributed by atoms with E-state index in [0.29, 0.717) is 24.3 Å². The number of likely N-dealkylation sites (tertiary alicyclic amines) is 1. The first-order valence-electron chi connectivity index (χ1n) is 9.71. The lowest BCUT2D eigenvalue weighted by Gasteiger charge is -2.30. The van der Waals surface area contributed by atoms with Crippen LogP contribution in [0.4, 0.5) is 0 Å². The van der Waals surface area contributed by atoms with Crippen LogP contribution in [0.25, 0.3) is 0 Å². The molecule has 0 bridgehead atoms. The highest BCUT2D eigenvalue weighted by Crippen LogP contribution is 2.38. The average Bonchev–Trinajstić information content (AvgIpc) is 3.37. The van der Waals surface area contributed by atoms with E-state index < -0.39 is 0 Å². The molecule has 1 aliphatic heterocycles. The monoisotopic (exact) mass is 357 g/mol. The van der Waals surface area contributed by atoms with Crippen molar-refractivity contribution < 1.29 is 4.52 Å². The van der Waals surface area contributed by atoms with Gasteiger partial charge in [0, 0.05) is 24.4 Å². The molecule has 0 unspecified atom stereocenters.